The molecule has 0 aliphatic carbocycles. The van der Waals surface area contributed by atoms with Crippen LogP contribution in [-0.2, 0) is 11.2 Å². The van der Waals surface area contributed by atoms with Crippen molar-refractivity contribution >= 4 is 11.8 Å². The van der Waals surface area contributed by atoms with Gasteiger partial charge in [0.25, 0.3) is 5.91 Å². The summed E-state index contributed by atoms with van der Waals surface area (Å²) in [5, 5.41) is 2.95. The molecule has 0 radical (unpaired) electrons. The first kappa shape index (κ1) is 22.4. The minimum Gasteiger partial charge on any atom is -0.497 e. The lowest BCUT2D eigenvalue weighted by atomic mass is 9.96. The van der Waals surface area contributed by atoms with Crippen molar-refractivity contribution in [3.8, 4) is 22.6 Å². The SMILES string of the molecule is COc1ccc(-c2ccc(C[C@@H]3CN(C(=O)c4ccccc4OC)CCNC3=O)cc2)cc1. The number of nitrogens with zero attached hydrogens (tertiary/aromatic N) is 1. The highest BCUT2D eigenvalue weighted by molar-refractivity contribution is 5.97. The molecule has 0 saturated carbocycles. The lowest BCUT2D eigenvalue weighted by Gasteiger charge is -2.24. The number of carbonyl (C=O) groups is 2. The summed E-state index contributed by atoms with van der Waals surface area (Å²) in [6.07, 6.45) is 0.560. The van der Waals surface area contributed by atoms with Crippen molar-refractivity contribution in [3.05, 3.63) is 83.9 Å². The second kappa shape index (κ2) is 10.2. The van der Waals surface area contributed by atoms with Gasteiger partial charge in [-0.1, -0.05) is 48.5 Å². The van der Waals surface area contributed by atoms with Gasteiger partial charge in [-0.2, -0.15) is 0 Å². The van der Waals surface area contributed by atoms with Crippen LogP contribution in [0.1, 0.15) is 15.9 Å². The van der Waals surface area contributed by atoms with E-state index in [1.165, 1.54) is 0 Å². The minimum atomic E-state index is -0.321. The Kier molecular flexibility index (Phi) is 6.93. The fraction of sp³-hybridized carbons (Fsp3) is 0.259. The highest BCUT2D eigenvalue weighted by Gasteiger charge is 2.29. The molecule has 2 amide bonds. The van der Waals surface area contributed by atoms with Crippen LogP contribution in [0, 0.1) is 5.92 Å². The van der Waals surface area contributed by atoms with E-state index in [2.05, 4.69) is 17.4 Å². The molecule has 1 atom stereocenters. The van der Waals surface area contributed by atoms with Crippen molar-refractivity contribution in [1.82, 2.24) is 10.2 Å². The van der Waals surface area contributed by atoms with Crippen LogP contribution in [-0.4, -0.2) is 50.6 Å². The van der Waals surface area contributed by atoms with E-state index in [1.54, 1.807) is 31.3 Å². The lowest BCUT2D eigenvalue weighted by Crippen LogP contribution is -2.37. The van der Waals surface area contributed by atoms with Gasteiger partial charge in [0.15, 0.2) is 0 Å². The monoisotopic (exact) mass is 444 g/mol. The third-order valence-corrected chi connectivity index (χ3v) is 5.98. The first-order chi connectivity index (χ1) is 16.1. The van der Waals surface area contributed by atoms with Crippen LogP contribution in [0.3, 0.4) is 0 Å². The molecule has 0 bridgehead atoms. The molecule has 4 rings (SSSR count). The molecule has 170 valence electrons. The third kappa shape index (κ3) is 5.17. The van der Waals surface area contributed by atoms with Crippen molar-refractivity contribution in [1.29, 1.82) is 0 Å². The summed E-state index contributed by atoms with van der Waals surface area (Å²) < 4.78 is 10.6. The Labute approximate surface area is 194 Å². The first-order valence-electron chi connectivity index (χ1n) is 11.0. The maximum atomic E-state index is 13.2. The second-order valence-electron chi connectivity index (χ2n) is 8.07. The molecule has 0 unspecified atom stereocenters. The van der Waals surface area contributed by atoms with Crippen molar-refractivity contribution in [2.75, 3.05) is 33.9 Å². The van der Waals surface area contributed by atoms with Crippen LogP contribution in [0.4, 0.5) is 0 Å². The van der Waals surface area contributed by atoms with Gasteiger partial charge in [0.05, 0.1) is 25.7 Å². The van der Waals surface area contributed by atoms with E-state index in [0.717, 1.165) is 22.4 Å². The molecule has 1 heterocycles. The van der Waals surface area contributed by atoms with Crippen LogP contribution in [0.25, 0.3) is 11.1 Å². The Morgan fingerprint density at radius 2 is 1.61 bits per heavy atom. The topological polar surface area (TPSA) is 67.9 Å². The molecule has 6 heteroatoms. The van der Waals surface area contributed by atoms with Crippen molar-refractivity contribution in [3.63, 3.8) is 0 Å². The van der Waals surface area contributed by atoms with Crippen LogP contribution < -0.4 is 14.8 Å². The Morgan fingerprint density at radius 3 is 2.27 bits per heavy atom. The molecule has 0 spiro atoms. The molecule has 6 nitrogen and oxygen atoms in total. The van der Waals surface area contributed by atoms with Crippen LogP contribution in [0.15, 0.2) is 72.8 Å². The van der Waals surface area contributed by atoms with Crippen molar-refractivity contribution in [2.24, 2.45) is 5.92 Å². The summed E-state index contributed by atoms with van der Waals surface area (Å²) in [6, 6.07) is 23.3. The van der Waals surface area contributed by atoms with E-state index in [9.17, 15) is 9.59 Å². The Morgan fingerprint density at radius 1 is 0.939 bits per heavy atom. The Balaban J connectivity index is 1.48. The molecule has 0 aromatic heterocycles. The van der Waals surface area contributed by atoms with E-state index in [4.69, 9.17) is 9.47 Å². The van der Waals surface area contributed by atoms with E-state index in [-0.39, 0.29) is 17.7 Å². The summed E-state index contributed by atoms with van der Waals surface area (Å²) in [6.45, 7) is 1.27. The van der Waals surface area contributed by atoms with E-state index in [0.29, 0.717) is 37.4 Å². The van der Waals surface area contributed by atoms with Gasteiger partial charge in [-0.25, -0.2) is 0 Å². The normalized spacial score (nSPS) is 16.0. The van der Waals surface area contributed by atoms with Crippen LogP contribution in [0.5, 0.6) is 11.5 Å². The first-order valence-corrected chi connectivity index (χ1v) is 11.0. The van der Waals surface area contributed by atoms with Gasteiger partial charge in [0.2, 0.25) is 5.91 Å². The van der Waals surface area contributed by atoms with Crippen molar-refractivity contribution in [2.45, 2.75) is 6.42 Å². The number of hydrogen-bond donors (Lipinski definition) is 1. The Hall–Kier alpha value is -3.80. The van der Waals surface area contributed by atoms with Gasteiger partial charge in [0.1, 0.15) is 11.5 Å². The number of benzene rings is 3. The quantitative estimate of drug-likeness (QED) is 0.628. The predicted octanol–water partition coefficient (Wildman–Crippen LogP) is 3.80. The fourth-order valence-corrected chi connectivity index (χ4v) is 4.13. The van der Waals surface area contributed by atoms with Gasteiger partial charge in [-0.3, -0.25) is 9.59 Å². The molecular formula is C27H28N2O4. The lowest BCUT2D eigenvalue weighted by molar-refractivity contribution is -0.124. The maximum absolute atomic E-state index is 13.2. The van der Waals surface area contributed by atoms with Crippen LogP contribution in [0.2, 0.25) is 0 Å². The van der Waals surface area contributed by atoms with E-state index >= 15 is 0 Å². The summed E-state index contributed by atoms with van der Waals surface area (Å²) in [4.78, 5) is 27.6. The average molecular weight is 445 g/mol. The molecule has 1 aliphatic heterocycles. The molecule has 3 aromatic carbocycles. The highest BCUT2D eigenvalue weighted by atomic mass is 16.5. The smallest absolute Gasteiger partial charge is 0.257 e. The number of amides is 2. The zero-order chi connectivity index (χ0) is 23.2. The summed E-state index contributed by atoms with van der Waals surface area (Å²) in [5.41, 5.74) is 3.76. The number of ether oxygens (including phenoxy) is 2. The maximum Gasteiger partial charge on any atom is 0.257 e. The molecule has 33 heavy (non-hydrogen) atoms. The van der Waals surface area contributed by atoms with Gasteiger partial charge >= 0.3 is 0 Å². The fourth-order valence-electron chi connectivity index (χ4n) is 4.13. The molecule has 1 saturated heterocycles. The largest absolute Gasteiger partial charge is 0.497 e. The zero-order valence-electron chi connectivity index (χ0n) is 18.9. The number of carbonyl (C=O) groups excluding carboxylic acids is 2. The van der Waals surface area contributed by atoms with Gasteiger partial charge in [-0.05, 0) is 47.4 Å². The van der Waals surface area contributed by atoms with Gasteiger partial charge in [-0.15, -0.1) is 0 Å². The van der Waals surface area contributed by atoms with Gasteiger partial charge in [0, 0.05) is 19.6 Å². The molecule has 1 fully saturated rings. The number of hydrogen-bond acceptors (Lipinski definition) is 4. The summed E-state index contributed by atoms with van der Waals surface area (Å²) in [7, 11) is 3.20. The molecule has 1 aliphatic rings. The molecular weight excluding hydrogens is 416 g/mol. The van der Waals surface area contributed by atoms with Crippen LogP contribution >= 0.6 is 0 Å². The zero-order valence-corrected chi connectivity index (χ0v) is 18.9. The second-order valence-corrected chi connectivity index (χ2v) is 8.07. The highest BCUT2D eigenvalue weighted by Crippen LogP contribution is 2.25. The minimum absolute atomic E-state index is 0.0236. The predicted molar refractivity (Wildman–Crippen MR) is 128 cm³/mol. The average Bonchev–Trinajstić information content (AvgIpc) is 3.05. The summed E-state index contributed by atoms with van der Waals surface area (Å²) in [5.74, 6) is 0.894. The third-order valence-electron chi connectivity index (χ3n) is 5.98. The molecule has 1 N–H and O–H groups in total. The van der Waals surface area contributed by atoms with Crippen molar-refractivity contribution < 1.29 is 19.1 Å². The van der Waals surface area contributed by atoms with E-state index in [1.807, 2.05) is 48.5 Å². The standard InChI is InChI=1S/C27H28N2O4/c1-32-23-13-11-21(12-14-23)20-9-7-19(8-10-20)17-22-18-29(16-15-28-26(22)30)27(31)24-5-3-4-6-25(24)33-2/h3-14,22H,15-18H2,1-2H3,(H,28,30)/t22-/m1/s1. The van der Waals surface area contributed by atoms with Gasteiger partial charge < -0.3 is 19.7 Å². The molecule has 3 aromatic rings. The van der Waals surface area contributed by atoms with E-state index < -0.39 is 0 Å². The number of rotatable bonds is 6. The Bertz CT molecular complexity index is 1110. The number of nitrogens with one attached hydrogen (secondary N) is 1. The summed E-state index contributed by atoms with van der Waals surface area (Å²) >= 11 is 0. The number of para-hydroxylation sites is 1. The number of methoxy groups -OCH3 is 2.